The predicted molar refractivity (Wildman–Crippen MR) is 108 cm³/mol. The molecule has 1 amide bonds. The number of thioether (sulfide) groups is 1. The molecule has 0 aliphatic carbocycles. The Morgan fingerprint density at radius 2 is 1.93 bits per heavy atom. The lowest BCUT2D eigenvalue weighted by Gasteiger charge is -2.08. The Morgan fingerprint density at radius 3 is 2.62 bits per heavy atom. The van der Waals surface area contributed by atoms with E-state index in [1.54, 1.807) is 12.1 Å². The fraction of sp³-hybridized carbons (Fsp3) is 0.118. The van der Waals surface area contributed by atoms with E-state index in [0.717, 1.165) is 11.8 Å². The number of nitrogens with two attached hydrogens (primary N) is 1. The van der Waals surface area contributed by atoms with Gasteiger partial charge in [-0.2, -0.15) is 8.78 Å². The van der Waals surface area contributed by atoms with Gasteiger partial charge in [0.05, 0.1) is 16.5 Å². The number of ether oxygens (including phenoxy) is 1. The smallest absolute Gasteiger partial charge is 0.387 e. The zero-order chi connectivity index (χ0) is 21.0. The maximum absolute atomic E-state index is 12.2. The largest absolute Gasteiger partial charge is 0.435 e. The van der Waals surface area contributed by atoms with Crippen LogP contribution in [0.15, 0.2) is 47.6 Å². The summed E-state index contributed by atoms with van der Waals surface area (Å²) in [6.07, 6.45) is 0. The van der Waals surface area contributed by atoms with Crippen LogP contribution in [-0.2, 0) is 4.79 Å². The van der Waals surface area contributed by atoms with Crippen molar-refractivity contribution in [3.63, 3.8) is 0 Å². The standard InChI is InChI=1S/C17H13Cl2F2N5O2S/c18-10-3-6-12(19)13(7-10)23-14(27)8-29-17-25-24-15(26(17)22)9-1-4-11(5-2-9)28-16(20)21/h1-7,16H,8,22H2,(H,23,27). The number of aromatic nitrogens is 3. The molecule has 3 N–H and O–H groups in total. The molecule has 3 rings (SSSR count). The molecule has 1 heterocycles. The van der Waals surface area contributed by atoms with Crippen LogP contribution in [0.3, 0.4) is 0 Å². The van der Waals surface area contributed by atoms with Crippen molar-refractivity contribution in [1.82, 2.24) is 14.9 Å². The molecule has 2 aromatic carbocycles. The second kappa shape index (κ2) is 9.29. The van der Waals surface area contributed by atoms with Crippen molar-refractivity contribution in [2.24, 2.45) is 0 Å². The van der Waals surface area contributed by atoms with E-state index in [0.29, 0.717) is 32.3 Å². The number of hydrogen-bond donors (Lipinski definition) is 2. The first-order chi connectivity index (χ1) is 13.8. The number of nitrogens with one attached hydrogen (secondary N) is 1. The number of rotatable bonds is 7. The Hall–Kier alpha value is -2.56. The van der Waals surface area contributed by atoms with Gasteiger partial charge in [0, 0.05) is 10.6 Å². The SMILES string of the molecule is Nn1c(SCC(=O)Nc2cc(Cl)ccc2Cl)nnc1-c1ccc(OC(F)F)cc1. The summed E-state index contributed by atoms with van der Waals surface area (Å²) in [6, 6.07) is 10.5. The Kier molecular flexibility index (Phi) is 6.78. The summed E-state index contributed by atoms with van der Waals surface area (Å²) in [4.78, 5) is 12.2. The molecule has 0 saturated heterocycles. The average molecular weight is 460 g/mol. The van der Waals surface area contributed by atoms with Crippen LogP contribution < -0.4 is 15.9 Å². The topological polar surface area (TPSA) is 95.1 Å². The summed E-state index contributed by atoms with van der Waals surface area (Å²) in [5.41, 5.74) is 0.939. The molecule has 0 atom stereocenters. The highest BCUT2D eigenvalue weighted by Crippen LogP contribution is 2.27. The van der Waals surface area contributed by atoms with Gasteiger partial charge in [-0.15, -0.1) is 10.2 Å². The predicted octanol–water partition coefficient (Wildman–Crippen LogP) is 4.30. The van der Waals surface area contributed by atoms with Crippen molar-refractivity contribution >= 4 is 46.6 Å². The van der Waals surface area contributed by atoms with Gasteiger partial charge >= 0.3 is 6.61 Å². The number of anilines is 1. The van der Waals surface area contributed by atoms with E-state index in [9.17, 15) is 13.6 Å². The van der Waals surface area contributed by atoms with Crippen molar-refractivity contribution in [3.05, 3.63) is 52.5 Å². The quantitative estimate of drug-likeness (QED) is 0.404. The molecule has 0 aliphatic rings. The summed E-state index contributed by atoms with van der Waals surface area (Å²) >= 11 is 13.0. The van der Waals surface area contributed by atoms with Crippen LogP contribution in [0.25, 0.3) is 11.4 Å². The third-order valence-corrected chi connectivity index (χ3v) is 5.04. The summed E-state index contributed by atoms with van der Waals surface area (Å²) in [5, 5.41) is 11.7. The van der Waals surface area contributed by atoms with Crippen LogP contribution in [-0.4, -0.2) is 33.1 Å². The van der Waals surface area contributed by atoms with Crippen molar-refractivity contribution in [1.29, 1.82) is 0 Å². The molecular weight excluding hydrogens is 447 g/mol. The van der Waals surface area contributed by atoms with E-state index in [2.05, 4.69) is 20.3 Å². The van der Waals surface area contributed by atoms with Crippen LogP contribution in [0, 0.1) is 0 Å². The minimum atomic E-state index is -2.91. The van der Waals surface area contributed by atoms with Crippen LogP contribution in [0.4, 0.5) is 14.5 Å². The number of carbonyl (C=O) groups excluding carboxylic acids is 1. The van der Waals surface area contributed by atoms with Crippen molar-refractivity contribution in [3.8, 4) is 17.1 Å². The maximum Gasteiger partial charge on any atom is 0.387 e. The monoisotopic (exact) mass is 459 g/mol. The second-order valence-electron chi connectivity index (χ2n) is 5.54. The summed E-state index contributed by atoms with van der Waals surface area (Å²) in [6.45, 7) is -2.91. The number of amides is 1. The van der Waals surface area contributed by atoms with Crippen LogP contribution in [0.2, 0.25) is 10.0 Å². The van der Waals surface area contributed by atoms with E-state index in [4.69, 9.17) is 29.0 Å². The third kappa shape index (κ3) is 5.49. The number of benzene rings is 2. The van der Waals surface area contributed by atoms with Crippen molar-refractivity contribution in [2.75, 3.05) is 16.9 Å². The van der Waals surface area contributed by atoms with Gasteiger partial charge in [-0.1, -0.05) is 35.0 Å². The fourth-order valence-electron chi connectivity index (χ4n) is 2.27. The zero-order valence-corrected chi connectivity index (χ0v) is 16.8. The minimum absolute atomic E-state index is 0.000653. The molecule has 29 heavy (non-hydrogen) atoms. The maximum atomic E-state index is 12.2. The lowest BCUT2D eigenvalue weighted by molar-refractivity contribution is -0.113. The van der Waals surface area contributed by atoms with E-state index < -0.39 is 6.61 Å². The lowest BCUT2D eigenvalue weighted by Crippen LogP contribution is -2.16. The normalized spacial score (nSPS) is 10.9. The van der Waals surface area contributed by atoms with Gasteiger partial charge in [-0.25, -0.2) is 4.68 Å². The molecule has 1 aromatic heterocycles. The van der Waals surface area contributed by atoms with Crippen LogP contribution in [0.5, 0.6) is 5.75 Å². The molecule has 0 fully saturated rings. The number of nitrogen functional groups attached to an aromatic ring is 1. The van der Waals surface area contributed by atoms with Crippen molar-refractivity contribution in [2.45, 2.75) is 11.8 Å². The molecule has 3 aromatic rings. The Morgan fingerprint density at radius 1 is 1.21 bits per heavy atom. The highest BCUT2D eigenvalue weighted by molar-refractivity contribution is 7.99. The van der Waals surface area contributed by atoms with Gasteiger partial charge in [-0.05, 0) is 42.5 Å². The minimum Gasteiger partial charge on any atom is -0.435 e. The Balaban J connectivity index is 1.63. The van der Waals surface area contributed by atoms with Gasteiger partial charge in [0.15, 0.2) is 5.82 Å². The molecule has 0 spiro atoms. The van der Waals surface area contributed by atoms with Crippen LogP contribution in [0.1, 0.15) is 0 Å². The van der Waals surface area contributed by atoms with Gasteiger partial charge < -0.3 is 15.9 Å². The zero-order valence-electron chi connectivity index (χ0n) is 14.5. The summed E-state index contributed by atoms with van der Waals surface area (Å²) in [7, 11) is 0. The molecular formula is C17H13Cl2F2N5O2S. The first-order valence-electron chi connectivity index (χ1n) is 7.97. The average Bonchev–Trinajstić information content (AvgIpc) is 3.04. The van der Waals surface area contributed by atoms with Crippen LogP contribution >= 0.6 is 35.0 Å². The molecule has 12 heteroatoms. The summed E-state index contributed by atoms with van der Waals surface area (Å²) < 4.78 is 29.9. The molecule has 0 bridgehead atoms. The van der Waals surface area contributed by atoms with Gasteiger partial charge in [0.2, 0.25) is 11.1 Å². The van der Waals surface area contributed by atoms with E-state index in [1.807, 2.05) is 0 Å². The summed E-state index contributed by atoms with van der Waals surface area (Å²) in [5.74, 6) is 5.96. The Bertz CT molecular complexity index is 1020. The molecule has 0 unspecified atom stereocenters. The van der Waals surface area contributed by atoms with Crippen molar-refractivity contribution < 1.29 is 18.3 Å². The third-order valence-electron chi connectivity index (χ3n) is 3.54. The van der Waals surface area contributed by atoms with E-state index >= 15 is 0 Å². The number of halogens is 4. The van der Waals surface area contributed by atoms with E-state index in [-0.39, 0.29) is 17.4 Å². The first-order valence-corrected chi connectivity index (χ1v) is 9.71. The lowest BCUT2D eigenvalue weighted by atomic mass is 10.2. The number of alkyl halides is 2. The second-order valence-corrected chi connectivity index (χ2v) is 7.33. The molecule has 0 radical (unpaired) electrons. The molecule has 0 aliphatic heterocycles. The molecule has 152 valence electrons. The van der Waals surface area contributed by atoms with E-state index in [1.165, 1.54) is 35.0 Å². The van der Waals surface area contributed by atoms with Gasteiger partial charge in [-0.3, -0.25) is 4.79 Å². The Labute approximate surface area is 178 Å². The molecule has 0 saturated carbocycles. The number of carbonyl (C=O) groups is 1. The number of hydrogen-bond acceptors (Lipinski definition) is 6. The highest BCUT2D eigenvalue weighted by atomic mass is 35.5. The molecule has 7 nitrogen and oxygen atoms in total. The first kappa shape index (κ1) is 21.2. The highest BCUT2D eigenvalue weighted by Gasteiger charge is 2.15. The number of nitrogens with zero attached hydrogens (tertiary/aromatic N) is 3. The van der Waals surface area contributed by atoms with Gasteiger partial charge in [0.25, 0.3) is 0 Å². The fourth-order valence-corrected chi connectivity index (χ4v) is 3.26. The van der Waals surface area contributed by atoms with Gasteiger partial charge in [0.1, 0.15) is 5.75 Å².